The topological polar surface area (TPSA) is 42.4 Å². The number of hydrogen-bond donors (Lipinski definition) is 0. The highest BCUT2D eigenvalue weighted by atomic mass is 79.9. The summed E-state index contributed by atoms with van der Waals surface area (Å²) >= 11 is 3.27. The maximum Gasteiger partial charge on any atom is 0.256 e. The standard InChI is InChI=1S/C10H11BrN2O2/c11-9-8(2-1-3-12-9)10(14)13-4-6-15-7-5-13/h1-3H,4-7H2. The van der Waals surface area contributed by atoms with Gasteiger partial charge in [0.15, 0.2) is 0 Å². The molecule has 2 heterocycles. The zero-order chi connectivity index (χ0) is 10.7. The van der Waals surface area contributed by atoms with Gasteiger partial charge in [-0.2, -0.15) is 0 Å². The number of carbonyl (C=O) groups is 1. The first-order valence-corrected chi connectivity index (χ1v) is 5.56. The molecule has 2 rings (SSSR count). The quantitative estimate of drug-likeness (QED) is 0.723. The number of halogens is 1. The van der Waals surface area contributed by atoms with Crippen LogP contribution in [0, 0.1) is 0 Å². The maximum atomic E-state index is 12.0. The number of aromatic nitrogens is 1. The van der Waals surface area contributed by atoms with Crippen LogP contribution in [-0.4, -0.2) is 42.1 Å². The molecule has 0 N–H and O–H groups in total. The Morgan fingerprint density at radius 2 is 2.20 bits per heavy atom. The molecule has 1 aliphatic heterocycles. The fourth-order valence-electron chi connectivity index (χ4n) is 1.48. The molecule has 1 saturated heterocycles. The van der Waals surface area contributed by atoms with Crippen LogP contribution in [0.1, 0.15) is 10.4 Å². The van der Waals surface area contributed by atoms with Crippen LogP contribution in [-0.2, 0) is 4.74 Å². The van der Waals surface area contributed by atoms with Gasteiger partial charge in [-0.1, -0.05) is 0 Å². The minimum Gasteiger partial charge on any atom is -0.378 e. The molecule has 0 saturated carbocycles. The SMILES string of the molecule is O=C(c1cccnc1Br)N1CCOCC1. The van der Waals surface area contributed by atoms with Crippen LogP contribution >= 0.6 is 15.9 Å². The average molecular weight is 271 g/mol. The van der Waals surface area contributed by atoms with Crippen molar-refractivity contribution in [2.24, 2.45) is 0 Å². The molecule has 0 bridgehead atoms. The summed E-state index contributed by atoms with van der Waals surface area (Å²) in [7, 11) is 0. The van der Waals surface area contributed by atoms with Gasteiger partial charge in [-0.05, 0) is 28.1 Å². The lowest BCUT2D eigenvalue weighted by Gasteiger charge is -2.26. The van der Waals surface area contributed by atoms with Crippen molar-refractivity contribution < 1.29 is 9.53 Å². The van der Waals surface area contributed by atoms with Gasteiger partial charge in [0.2, 0.25) is 0 Å². The van der Waals surface area contributed by atoms with Crippen molar-refractivity contribution in [3.8, 4) is 0 Å². The molecule has 15 heavy (non-hydrogen) atoms. The normalized spacial score (nSPS) is 16.5. The Hall–Kier alpha value is -0.940. The Morgan fingerprint density at radius 3 is 2.87 bits per heavy atom. The highest BCUT2D eigenvalue weighted by molar-refractivity contribution is 9.10. The Morgan fingerprint density at radius 1 is 1.47 bits per heavy atom. The van der Waals surface area contributed by atoms with Gasteiger partial charge in [0.1, 0.15) is 4.60 Å². The molecule has 1 fully saturated rings. The second-order valence-electron chi connectivity index (χ2n) is 3.25. The van der Waals surface area contributed by atoms with E-state index in [9.17, 15) is 4.79 Å². The molecular weight excluding hydrogens is 260 g/mol. The fourth-order valence-corrected chi connectivity index (χ4v) is 1.90. The smallest absolute Gasteiger partial charge is 0.256 e. The molecule has 0 aliphatic carbocycles. The predicted molar refractivity (Wildman–Crippen MR) is 58.7 cm³/mol. The third-order valence-electron chi connectivity index (χ3n) is 2.29. The van der Waals surface area contributed by atoms with Crippen molar-refractivity contribution in [3.63, 3.8) is 0 Å². The van der Waals surface area contributed by atoms with Crippen LogP contribution in [0.2, 0.25) is 0 Å². The Balaban J connectivity index is 2.16. The molecule has 0 aromatic carbocycles. The van der Waals surface area contributed by atoms with Crippen LogP contribution in [0.25, 0.3) is 0 Å². The minimum absolute atomic E-state index is 0.0123. The van der Waals surface area contributed by atoms with Gasteiger partial charge < -0.3 is 9.64 Å². The van der Waals surface area contributed by atoms with Crippen LogP contribution in [0.5, 0.6) is 0 Å². The lowest BCUT2D eigenvalue weighted by Crippen LogP contribution is -2.40. The average Bonchev–Trinajstić information content (AvgIpc) is 2.30. The van der Waals surface area contributed by atoms with Crippen LogP contribution in [0.15, 0.2) is 22.9 Å². The highest BCUT2D eigenvalue weighted by Gasteiger charge is 2.20. The predicted octanol–water partition coefficient (Wildman–Crippen LogP) is 1.32. The van der Waals surface area contributed by atoms with Gasteiger partial charge in [0.25, 0.3) is 5.91 Å². The van der Waals surface area contributed by atoms with Crippen molar-refractivity contribution in [1.29, 1.82) is 0 Å². The first kappa shape index (κ1) is 10.6. The van der Waals surface area contributed by atoms with Gasteiger partial charge in [-0.3, -0.25) is 4.79 Å². The van der Waals surface area contributed by atoms with Crippen molar-refractivity contribution in [2.45, 2.75) is 0 Å². The number of ether oxygens (including phenoxy) is 1. The van der Waals surface area contributed by atoms with E-state index >= 15 is 0 Å². The first-order valence-electron chi connectivity index (χ1n) is 4.76. The summed E-state index contributed by atoms with van der Waals surface area (Å²) in [5.74, 6) is 0.0123. The third kappa shape index (κ3) is 2.35. The molecule has 4 nitrogen and oxygen atoms in total. The largest absolute Gasteiger partial charge is 0.378 e. The Labute approximate surface area is 96.4 Å². The number of amides is 1. The third-order valence-corrected chi connectivity index (χ3v) is 2.92. The summed E-state index contributed by atoms with van der Waals surface area (Å²) < 4.78 is 5.79. The lowest BCUT2D eigenvalue weighted by molar-refractivity contribution is 0.0302. The van der Waals surface area contributed by atoms with E-state index in [0.29, 0.717) is 36.5 Å². The van der Waals surface area contributed by atoms with Gasteiger partial charge in [0, 0.05) is 19.3 Å². The van der Waals surface area contributed by atoms with E-state index in [1.54, 1.807) is 23.2 Å². The second-order valence-corrected chi connectivity index (χ2v) is 4.00. The number of nitrogens with zero attached hydrogens (tertiary/aromatic N) is 2. The van der Waals surface area contributed by atoms with Crippen molar-refractivity contribution >= 4 is 21.8 Å². The fraction of sp³-hybridized carbons (Fsp3) is 0.400. The zero-order valence-electron chi connectivity index (χ0n) is 8.15. The van der Waals surface area contributed by atoms with Crippen molar-refractivity contribution in [1.82, 2.24) is 9.88 Å². The van der Waals surface area contributed by atoms with Gasteiger partial charge in [-0.25, -0.2) is 4.98 Å². The number of pyridine rings is 1. The summed E-state index contributed by atoms with van der Waals surface area (Å²) in [5, 5.41) is 0. The van der Waals surface area contributed by atoms with Crippen molar-refractivity contribution in [3.05, 3.63) is 28.5 Å². The van der Waals surface area contributed by atoms with E-state index in [1.165, 1.54) is 0 Å². The van der Waals surface area contributed by atoms with E-state index in [4.69, 9.17) is 4.74 Å². The monoisotopic (exact) mass is 270 g/mol. The molecule has 80 valence electrons. The Kier molecular flexibility index (Phi) is 3.33. The van der Waals surface area contributed by atoms with Crippen LogP contribution in [0.4, 0.5) is 0 Å². The van der Waals surface area contributed by atoms with E-state index in [1.807, 2.05) is 0 Å². The molecule has 0 spiro atoms. The molecule has 1 aliphatic rings. The lowest BCUT2D eigenvalue weighted by atomic mass is 10.2. The molecule has 1 aromatic rings. The molecule has 0 unspecified atom stereocenters. The molecule has 5 heteroatoms. The number of carbonyl (C=O) groups excluding carboxylic acids is 1. The van der Waals surface area contributed by atoms with Gasteiger partial charge in [0.05, 0.1) is 18.8 Å². The summed E-state index contributed by atoms with van der Waals surface area (Å²) in [5.41, 5.74) is 0.611. The molecule has 0 atom stereocenters. The Bertz CT molecular complexity index is 364. The summed E-state index contributed by atoms with van der Waals surface area (Å²) in [6.07, 6.45) is 1.65. The zero-order valence-corrected chi connectivity index (χ0v) is 9.74. The number of morpholine rings is 1. The van der Waals surface area contributed by atoms with Gasteiger partial charge >= 0.3 is 0 Å². The van der Waals surface area contributed by atoms with Crippen LogP contribution < -0.4 is 0 Å². The summed E-state index contributed by atoms with van der Waals surface area (Å²) in [6, 6.07) is 3.54. The van der Waals surface area contributed by atoms with Crippen LogP contribution in [0.3, 0.4) is 0 Å². The first-order chi connectivity index (χ1) is 7.29. The summed E-state index contributed by atoms with van der Waals surface area (Å²) in [6.45, 7) is 2.54. The highest BCUT2D eigenvalue weighted by Crippen LogP contribution is 2.15. The second kappa shape index (κ2) is 4.72. The van der Waals surface area contributed by atoms with E-state index in [2.05, 4.69) is 20.9 Å². The van der Waals surface area contributed by atoms with E-state index < -0.39 is 0 Å². The number of hydrogen-bond acceptors (Lipinski definition) is 3. The molecular formula is C10H11BrN2O2. The number of rotatable bonds is 1. The van der Waals surface area contributed by atoms with E-state index in [0.717, 1.165) is 0 Å². The molecule has 1 amide bonds. The van der Waals surface area contributed by atoms with Crippen molar-refractivity contribution in [2.75, 3.05) is 26.3 Å². The summed E-state index contributed by atoms with van der Waals surface area (Å²) in [4.78, 5) is 17.8. The van der Waals surface area contributed by atoms with E-state index in [-0.39, 0.29) is 5.91 Å². The minimum atomic E-state index is 0.0123. The maximum absolute atomic E-state index is 12.0. The van der Waals surface area contributed by atoms with Gasteiger partial charge in [-0.15, -0.1) is 0 Å². The molecule has 0 radical (unpaired) electrons. The molecule has 1 aromatic heterocycles.